The van der Waals surface area contributed by atoms with Crippen LogP contribution in [0.4, 0.5) is 5.82 Å². The van der Waals surface area contributed by atoms with E-state index in [9.17, 15) is 9.90 Å². The largest absolute Gasteiger partial charge is 0.387 e. The molecule has 1 aromatic heterocycles. The van der Waals surface area contributed by atoms with E-state index in [-0.39, 0.29) is 17.7 Å². The molecule has 1 amide bonds. The second-order valence-corrected chi connectivity index (χ2v) is 10.1. The van der Waals surface area contributed by atoms with E-state index in [1.54, 1.807) is 6.33 Å². The van der Waals surface area contributed by atoms with Gasteiger partial charge in [0.1, 0.15) is 12.1 Å². The molecule has 1 aliphatic heterocycles. The summed E-state index contributed by atoms with van der Waals surface area (Å²) in [6.45, 7) is 6.50. The molecule has 3 aliphatic rings. The van der Waals surface area contributed by atoms with Crippen LogP contribution in [-0.2, 0) is 4.79 Å². The molecule has 1 saturated carbocycles. The summed E-state index contributed by atoms with van der Waals surface area (Å²) in [6, 6.07) is 7.66. The van der Waals surface area contributed by atoms with Gasteiger partial charge in [-0.05, 0) is 55.3 Å². The minimum atomic E-state index is -0.511. The minimum Gasteiger partial charge on any atom is -0.387 e. The van der Waals surface area contributed by atoms with Crippen LogP contribution in [0.5, 0.6) is 0 Å². The van der Waals surface area contributed by atoms with Crippen molar-refractivity contribution in [1.29, 1.82) is 0 Å². The fraction of sp³-hybridized carbons (Fsp3) is 0.560. The van der Waals surface area contributed by atoms with Gasteiger partial charge in [0.05, 0.1) is 17.7 Å². The summed E-state index contributed by atoms with van der Waals surface area (Å²) in [4.78, 5) is 26.7. The third-order valence-electron chi connectivity index (χ3n) is 7.22. The van der Waals surface area contributed by atoms with Crippen LogP contribution in [0.25, 0.3) is 0 Å². The molecule has 7 nitrogen and oxygen atoms in total. The number of fused-ring (bicyclic) bond motifs is 1. The standard InChI is InChI=1S/C25H32ClN5O2/c1-16-12-21(32)23-22(16)24(29-15-28-23)30-8-10-31(11-9-30)25(33)20(14-27-13-17-2-3-17)18-4-6-19(26)7-5-18/h4-7,15-17,20-21,27,32H,2-3,8-14H2,1H3/t16-,20?,21+/m1/s1. The maximum absolute atomic E-state index is 13.6. The van der Waals surface area contributed by atoms with Gasteiger partial charge in [0.2, 0.25) is 5.91 Å². The molecule has 2 N–H and O–H groups in total. The van der Waals surface area contributed by atoms with Crippen molar-refractivity contribution in [2.24, 2.45) is 5.92 Å². The molecule has 0 spiro atoms. The SMILES string of the molecule is C[C@@H]1C[C@H](O)c2ncnc(N3CCN(C(=O)C(CNCC4CC4)c4ccc(Cl)cc4)CC3)c21. The average Bonchev–Trinajstić information content (AvgIpc) is 3.61. The summed E-state index contributed by atoms with van der Waals surface area (Å²) in [6.07, 6.45) is 4.31. The van der Waals surface area contributed by atoms with Crippen LogP contribution in [0.1, 0.15) is 60.9 Å². The summed E-state index contributed by atoms with van der Waals surface area (Å²) < 4.78 is 0. The molecule has 0 bridgehead atoms. The predicted octanol–water partition coefficient (Wildman–Crippen LogP) is 3.10. The first-order chi connectivity index (χ1) is 16.0. The topological polar surface area (TPSA) is 81.6 Å². The molecule has 2 fully saturated rings. The summed E-state index contributed by atoms with van der Waals surface area (Å²) in [5.74, 6) is 1.86. The van der Waals surface area contributed by atoms with Crippen LogP contribution < -0.4 is 10.2 Å². The monoisotopic (exact) mass is 469 g/mol. The van der Waals surface area contributed by atoms with E-state index in [4.69, 9.17) is 11.6 Å². The van der Waals surface area contributed by atoms with Crippen molar-refractivity contribution in [1.82, 2.24) is 20.2 Å². The van der Waals surface area contributed by atoms with E-state index < -0.39 is 6.10 Å². The van der Waals surface area contributed by atoms with Gasteiger partial charge < -0.3 is 20.2 Å². The number of halogens is 1. The number of benzene rings is 1. The van der Waals surface area contributed by atoms with Gasteiger partial charge in [-0.15, -0.1) is 0 Å². The molecule has 0 radical (unpaired) electrons. The lowest BCUT2D eigenvalue weighted by atomic mass is 9.97. The second kappa shape index (κ2) is 9.57. The number of rotatable bonds is 7. The highest BCUT2D eigenvalue weighted by atomic mass is 35.5. The molecule has 2 aliphatic carbocycles. The molecule has 5 rings (SSSR count). The number of nitrogens with one attached hydrogen (secondary N) is 1. The Morgan fingerprint density at radius 2 is 1.91 bits per heavy atom. The molecule has 2 heterocycles. The molecule has 3 atom stereocenters. The molecule has 8 heteroatoms. The molecule has 1 unspecified atom stereocenters. The van der Waals surface area contributed by atoms with Gasteiger partial charge in [0.15, 0.2) is 0 Å². The summed E-state index contributed by atoms with van der Waals surface area (Å²) in [7, 11) is 0. The van der Waals surface area contributed by atoms with Crippen molar-refractivity contribution >= 4 is 23.3 Å². The summed E-state index contributed by atoms with van der Waals surface area (Å²) in [5, 5.41) is 14.5. The fourth-order valence-corrected chi connectivity index (χ4v) is 5.24. The quantitative estimate of drug-likeness (QED) is 0.648. The van der Waals surface area contributed by atoms with Crippen molar-refractivity contribution in [2.45, 2.75) is 44.1 Å². The molecule has 176 valence electrons. The molecular formula is C25H32ClN5O2. The number of anilines is 1. The zero-order valence-electron chi connectivity index (χ0n) is 19.1. The predicted molar refractivity (Wildman–Crippen MR) is 129 cm³/mol. The van der Waals surface area contributed by atoms with Gasteiger partial charge in [0.25, 0.3) is 0 Å². The van der Waals surface area contributed by atoms with Gasteiger partial charge in [-0.2, -0.15) is 0 Å². The van der Waals surface area contributed by atoms with E-state index >= 15 is 0 Å². The lowest BCUT2D eigenvalue weighted by Crippen LogP contribution is -2.51. The number of nitrogens with zero attached hydrogens (tertiary/aromatic N) is 4. The normalized spacial score (nSPS) is 23.5. The van der Waals surface area contributed by atoms with Crippen LogP contribution in [0, 0.1) is 5.92 Å². The highest BCUT2D eigenvalue weighted by molar-refractivity contribution is 6.30. The Morgan fingerprint density at radius 1 is 1.18 bits per heavy atom. The van der Waals surface area contributed by atoms with E-state index in [1.807, 2.05) is 29.2 Å². The average molecular weight is 470 g/mol. The van der Waals surface area contributed by atoms with E-state index in [0.29, 0.717) is 31.1 Å². The van der Waals surface area contributed by atoms with Crippen molar-refractivity contribution in [3.8, 4) is 0 Å². The van der Waals surface area contributed by atoms with Crippen LogP contribution in [0.3, 0.4) is 0 Å². The Bertz CT molecular complexity index is 989. The number of aliphatic hydroxyl groups excluding tert-OH is 1. The van der Waals surface area contributed by atoms with E-state index in [1.165, 1.54) is 12.8 Å². The maximum atomic E-state index is 13.6. The Kier molecular flexibility index (Phi) is 6.54. The van der Waals surface area contributed by atoms with Crippen LogP contribution in [0.15, 0.2) is 30.6 Å². The number of hydrogen-bond donors (Lipinski definition) is 2. The lowest BCUT2D eigenvalue weighted by Gasteiger charge is -2.38. The van der Waals surface area contributed by atoms with Gasteiger partial charge in [-0.1, -0.05) is 30.7 Å². The first-order valence-corrected chi connectivity index (χ1v) is 12.4. The number of aliphatic hydroxyl groups is 1. The summed E-state index contributed by atoms with van der Waals surface area (Å²) in [5.41, 5.74) is 2.83. The highest BCUT2D eigenvalue weighted by Gasteiger charge is 2.35. The van der Waals surface area contributed by atoms with Crippen molar-refractivity contribution < 1.29 is 9.90 Å². The third-order valence-corrected chi connectivity index (χ3v) is 7.47. The number of carbonyl (C=O) groups is 1. The smallest absolute Gasteiger partial charge is 0.231 e. The van der Waals surface area contributed by atoms with E-state index in [0.717, 1.165) is 48.2 Å². The number of aromatic nitrogens is 2. The summed E-state index contributed by atoms with van der Waals surface area (Å²) >= 11 is 6.09. The molecule has 1 saturated heterocycles. The van der Waals surface area contributed by atoms with Gasteiger partial charge in [-0.25, -0.2) is 9.97 Å². The van der Waals surface area contributed by atoms with Crippen LogP contribution >= 0.6 is 11.6 Å². The zero-order valence-corrected chi connectivity index (χ0v) is 19.8. The van der Waals surface area contributed by atoms with Crippen LogP contribution in [-0.4, -0.2) is 65.2 Å². The van der Waals surface area contributed by atoms with Gasteiger partial charge in [-0.3, -0.25) is 4.79 Å². The van der Waals surface area contributed by atoms with E-state index in [2.05, 4.69) is 27.1 Å². The highest BCUT2D eigenvalue weighted by Crippen LogP contribution is 2.42. The molecule has 2 aromatic rings. The Hall–Kier alpha value is -2.22. The van der Waals surface area contributed by atoms with Crippen molar-refractivity contribution in [2.75, 3.05) is 44.2 Å². The first-order valence-electron chi connectivity index (χ1n) is 12.0. The molecule has 1 aromatic carbocycles. The lowest BCUT2D eigenvalue weighted by molar-refractivity contribution is -0.133. The van der Waals surface area contributed by atoms with Crippen molar-refractivity contribution in [3.63, 3.8) is 0 Å². The third kappa shape index (κ3) is 4.86. The maximum Gasteiger partial charge on any atom is 0.231 e. The number of carbonyl (C=O) groups excluding carboxylic acids is 1. The second-order valence-electron chi connectivity index (χ2n) is 9.67. The Morgan fingerprint density at radius 3 is 2.61 bits per heavy atom. The van der Waals surface area contributed by atoms with Gasteiger partial charge >= 0.3 is 0 Å². The fourth-order valence-electron chi connectivity index (χ4n) is 5.11. The van der Waals surface area contributed by atoms with Crippen LogP contribution in [0.2, 0.25) is 5.02 Å². The number of hydrogen-bond acceptors (Lipinski definition) is 6. The van der Waals surface area contributed by atoms with Crippen molar-refractivity contribution in [3.05, 3.63) is 52.4 Å². The zero-order chi connectivity index (χ0) is 22.9. The molecule has 33 heavy (non-hydrogen) atoms. The number of piperazine rings is 1. The first kappa shape index (κ1) is 22.6. The molecular weight excluding hydrogens is 438 g/mol. The Labute approximate surface area is 200 Å². The number of amides is 1. The minimum absolute atomic E-state index is 0.164. The Balaban J connectivity index is 1.27. The van der Waals surface area contributed by atoms with Gasteiger partial charge in [0, 0.05) is 43.3 Å².